The molecule has 3 aromatic rings. The van der Waals surface area contributed by atoms with E-state index in [2.05, 4.69) is 84.9 Å². The summed E-state index contributed by atoms with van der Waals surface area (Å²) in [5, 5.41) is 0. The zero-order valence-electron chi connectivity index (χ0n) is 23.8. The molecule has 0 aliphatic carbocycles. The van der Waals surface area contributed by atoms with Gasteiger partial charge in [0.25, 0.3) is 0 Å². The van der Waals surface area contributed by atoms with Crippen molar-refractivity contribution < 1.29 is 14.3 Å². The standard InChI is InChI=1S/C34H42O3/c1-22(2)33(28-14-12-26(13-15-28)31(36)11-9-10-25(5)35)37-30-20-23(3)32(24(4)21-30)27-16-18-29(19-17-27)34(6,7)8/h12-22,33H,9-11H2,1-8H3. The minimum absolute atomic E-state index is 0.0761. The molecule has 0 amide bonds. The Morgan fingerprint density at radius 1 is 0.838 bits per heavy atom. The van der Waals surface area contributed by atoms with Crippen molar-refractivity contribution in [2.24, 2.45) is 5.92 Å². The van der Waals surface area contributed by atoms with Crippen molar-refractivity contribution in [1.82, 2.24) is 0 Å². The van der Waals surface area contributed by atoms with Gasteiger partial charge in [-0.2, -0.15) is 0 Å². The third kappa shape index (κ3) is 7.41. The summed E-state index contributed by atoms with van der Waals surface area (Å²) in [7, 11) is 0. The van der Waals surface area contributed by atoms with Crippen LogP contribution in [-0.2, 0) is 10.2 Å². The second-order valence-electron chi connectivity index (χ2n) is 11.6. The fraction of sp³-hybridized carbons (Fsp3) is 0.412. The summed E-state index contributed by atoms with van der Waals surface area (Å²) >= 11 is 0. The highest BCUT2D eigenvalue weighted by atomic mass is 16.5. The van der Waals surface area contributed by atoms with Crippen molar-refractivity contribution in [3.05, 3.63) is 88.5 Å². The lowest BCUT2D eigenvalue weighted by Crippen LogP contribution is -2.15. The molecule has 0 aromatic heterocycles. The first kappa shape index (κ1) is 28.4. The van der Waals surface area contributed by atoms with Gasteiger partial charge >= 0.3 is 0 Å². The second kappa shape index (κ2) is 11.9. The summed E-state index contributed by atoms with van der Waals surface area (Å²) in [6, 6.07) is 20.9. The van der Waals surface area contributed by atoms with Crippen molar-refractivity contribution in [3.63, 3.8) is 0 Å². The number of hydrogen-bond acceptors (Lipinski definition) is 3. The van der Waals surface area contributed by atoms with Crippen LogP contribution >= 0.6 is 0 Å². The summed E-state index contributed by atoms with van der Waals surface area (Å²) in [5.41, 5.74) is 8.04. The largest absolute Gasteiger partial charge is 0.485 e. The first-order valence-electron chi connectivity index (χ1n) is 13.4. The van der Waals surface area contributed by atoms with Gasteiger partial charge in [0.15, 0.2) is 5.78 Å². The van der Waals surface area contributed by atoms with Gasteiger partial charge < -0.3 is 9.53 Å². The van der Waals surface area contributed by atoms with Crippen molar-refractivity contribution in [2.45, 2.75) is 86.2 Å². The lowest BCUT2D eigenvalue weighted by molar-refractivity contribution is -0.117. The zero-order chi connectivity index (χ0) is 27.3. The van der Waals surface area contributed by atoms with Crippen LogP contribution in [0.15, 0.2) is 60.7 Å². The number of carbonyl (C=O) groups is 2. The van der Waals surface area contributed by atoms with Gasteiger partial charge in [0, 0.05) is 18.4 Å². The maximum Gasteiger partial charge on any atom is 0.162 e. The van der Waals surface area contributed by atoms with E-state index < -0.39 is 0 Å². The Morgan fingerprint density at radius 3 is 1.89 bits per heavy atom. The smallest absolute Gasteiger partial charge is 0.162 e. The Balaban J connectivity index is 1.79. The lowest BCUT2D eigenvalue weighted by Gasteiger charge is -2.25. The zero-order valence-corrected chi connectivity index (χ0v) is 23.8. The van der Waals surface area contributed by atoms with Gasteiger partial charge in [-0.25, -0.2) is 0 Å². The van der Waals surface area contributed by atoms with E-state index in [0.717, 1.165) is 11.3 Å². The lowest BCUT2D eigenvalue weighted by atomic mass is 9.85. The van der Waals surface area contributed by atoms with E-state index in [0.29, 0.717) is 24.8 Å². The van der Waals surface area contributed by atoms with Crippen LogP contribution in [0, 0.1) is 19.8 Å². The molecule has 0 aliphatic rings. The number of ketones is 2. The van der Waals surface area contributed by atoms with Crippen LogP contribution in [0.4, 0.5) is 0 Å². The van der Waals surface area contributed by atoms with Crippen LogP contribution in [0.5, 0.6) is 5.75 Å². The third-order valence-corrected chi connectivity index (χ3v) is 6.91. The van der Waals surface area contributed by atoms with Gasteiger partial charge in [-0.3, -0.25) is 4.79 Å². The normalized spacial score (nSPS) is 12.5. The van der Waals surface area contributed by atoms with Gasteiger partial charge in [0.1, 0.15) is 17.6 Å². The van der Waals surface area contributed by atoms with Gasteiger partial charge in [0.05, 0.1) is 0 Å². The molecule has 0 saturated heterocycles. The van der Waals surface area contributed by atoms with Gasteiger partial charge in [0.2, 0.25) is 0 Å². The molecule has 1 unspecified atom stereocenters. The van der Waals surface area contributed by atoms with E-state index in [-0.39, 0.29) is 29.0 Å². The highest BCUT2D eigenvalue weighted by molar-refractivity contribution is 5.96. The number of aryl methyl sites for hydroxylation is 2. The Labute approximate surface area is 223 Å². The Kier molecular flexibility index (Phi) is 9.12. The molecule has 0 fully saturated rings. The molecule has 0 heterocycles. The van der Waals surface area contributed by atoms with Crippen LogP contribution in [0.2, 0.25) is 0 Å². The summed E-state index contributed by atoms with van der Waals surface area (Å²) < 4.78 is 6.55. The molecule has 37 heavy (non-hydrogen) atoms. The van der Waals surface area contributed by atoms with Crippen LogP contribution in [0.3, 0.4) is 0 Å². The van der Waals surface area contributed by atoms with Crippen molar-refractivity contribution in [1.29, 1.82) is 0 Å². The average molecular weight is 499 g/mol. The molecule has 0 saturated carbocycles. The van der Waals surface area contributed by atoms with E-state index in [1.165, 1.54) is 27.8 Å². The van der Waals surface area contributed by atoms with E-state index in [9.17, 15) is 9.59 Å². The second-order valence-corrected chi connectivity index (χ2v) is 11.6. The maximum absolute atomic E-state index is 12.5. The molecule has 3 nitrogen and oxygen atoms in total. The molecule has 0 aliphatic heterocycles. The first-order chi connectivity index (χ1) is 17.4. The number of Topliss-reactive ketones (excluding diaryl/α,β-unsaturated/α-hetero) is 2. The third-order valence-electron chi connectivity index (χ3n) is 6.91. The molecule has 0 bridgehead atoms. The van der Waals surface area contributed by atoms with Crippen LogP contribution < -0.4 is 4.74 Å². The van der Waals surface area contributed by atoms with Gasteiger partial charge in [-0.1, -0.05) is 83.1 Å². The molecule has 0 radical (unpaired) electrons. The molecular weight excluding hydrogens is 456 g/mol. The van der Waals surface area contributed by atoms with Crippen LogP contribution in [0.1, 0.15) is 99.5 Å². The Hall–Kier alpha value is -3.20. The minimum atomic E-state index is -0.127. The number of benzene rings is 3. The number of carbonyl (C=O) groups excluding carboxylic acids is 2. The number of ether oxygens (including phenoxy) is 1. The quantitative estimate of drug-likeness (QED) is 0.262. The maximum atomic E-state index is 12.5. The van der Waals surface area contributed by atoms with Crippen LogP contribution in [-0.4, -0.2) is 11.6 Å². The molecule has 196 valence electrons. The summed E-state index contributed by atoms with van der Waals surface area (Å²) in [4.78, 5) is 23.6. The fourth-order valence-electron chi connectivity index (χ4n) is 4.82. The monoisotopic (exact) mass is 498 g/mol. The molecule has 1 atom stereocenters. The van der Waals surface area contributed by atoms with E-state index in [1.54, 1.807) is 6.92 Å². The number of hydrogen-bond donors (Lipinski definition) is 0. The molecular formula is C34H42O3. The predicted molar refractivity (Wildman–Crippen MR) is 154 cm³/mol. The van der Waals surface area contributed by atoms with E-state index >= 15 is 0 Å². The van der Waals surface area contributed by atoms with E-state index in [1.807, 2.05) is 24.3 Å². The Morgan fingerprint density at radius 2 is 1.41 bits per heavy atom. The van der Waals surface area contributed by atoms with Gasteiger partial charge in [-0.15, -0.1) is 0 Å². The summed E-state index contributed by atoms with van der Waals surface area (Å²) in [6.45, 7) is 16.8. The van der Waals surface area contributed by atoms with Crippen molar-refractivity contribution in [2.75, 3.05) is 0 Å². The minimum Gasteiger partial charge on any atom is -0.485 e. The summed E-state index contributed by atoms with van der Waals surface area (Å²) in [6.07, 6.45) is 1.32. The average Bonchev–Trinajstić information content (AvgIpc) is 2.81. The highest BCUT2D eigenvalue weighted by Gasteiger charge is 2.20. The molecule has 0 spiro atoms. The van der Waals surface area contributed by atoms with Gasteiger partial charge in [-0.05, 0) is 84.0 Å². The molecule has 3 rings (SSSR count). The highest BCUT2D eigenvalue weighted by Crippen LogP contribution is 2.35. The summed E-state index contributed by atoms with van der Waals surface area (Å²) in [5.74, 6) is 1.31. The van der Waals surface area contributed by atoms with E-state index in [4.69, 9.17) is 4.74 Å². The topological polar surface area (TPSA) is 43.4 Å². The fourth-order valence-corrected chi connectivity index (χ4v) is 4.82. The van der Waals surface area contributed by atoms with Crippen molar-refractivity contribution >= 4 is 11.6 Å². The van der Waals surface area contributed by atoms with Crippen molar-refractivity contribution in [3.8, 4) is 16.9 Å². The first-order valence-corrected chi connectivity index (χ1v) is 13.4. The van der Waals surface area contributed by atoms with Crippen LogP contribution in [0.25, 0.3) is 11.1 Å². The number of rotatable bonds is 10. The molecule has 3 heteroatoms. The molecule has 3 aromatic carbocycles. The predicted octanol–water partition coefficient (Wildman–Crippen LogP) is 8.99. The molecule has 0 N–H and O–H groups in total. The SMILES string of the molecule is CC(=O)CCCC(=O)c1ccc(C(Oc2cc(C)c(-c3ccc(C(C)(C)C)cc3)c(C)c2)C(C)C)cc1. The Bertz CT molecular complexity index is 1200.